The van der Waals surface area contributed by atoms with Crippen molar-refractivity contribution in [2.24, 2.45) is 0 Å². The molecule has 2 fully saturated rings. The lowest BCUT2D eigenvalue weighted by atomic mass is 9.83. The first-order chi connectivity index (χ1) is 25.4. The van der Waals surface area contributed by atoms with E-state index in [-0.39, 0.29) is 22.6 Å². The van der Waals surface area contributed by atoms with Crippen LogP contribution in [0, 0.1) is 0 Å². The molecule has 276 valence electrons. The molecule has 2 saturated heterocycles. The van der Waals surface area contributed by atoms with Gasteiger partial charge in [0.1, 0.15) is 0 Å². The molecule has 0 atom stereocenters. The fourth-order valence-electron chi connectivity index (χ4n) is 7.36. The number of halogens is 1. The first-order valence-corrected chi connectivity index (χ1v) is 19.7. The van der Waals surface area contributed by atoms with Crippen LogP contribution in [-0.4, -0.2) is 69.4 Å². The number of carbonyl (C=O) groups is 2. The van der Waals surface area contributed by atoms with Crippen LogP contribution in [0.4, 0.5) is 11.4 Å². The number of likely N-dealkylation sites (tertiary alicyclic amines) is 1. The van der Waals surface area contributed by atoms with E-state index in [1.807, 2.05) is 86.0 Å². The number of hydrogen-bond acceptors (Lipinski definition) is 9. The van der Waals surface area contributed by atoms with Crippen molar-refractivity contribution in [2.45, 2.75) is 81.8 Å². The van der Waals surface area contributed by atoms with E-state index in [0.717, 1.165) is 105 Å². The predicted molar refractivity (Wildman–Crippen MR) is 217 cm³/mol. The van der Waals surface area contributed by atoms with Crippen LogP contribution in [0.25, 0.3) is 0 Å². The van der Waals surface area contributed by atoms with Gasteiger partial charge in [-0.05, 0) is 105 Å². The molecule has 8 nitrogen and oxygen atoms in total. The summed E-state index contributed by atoms with van der Waals surface area (Å²) in [5.74, 6) is 2.05. The lowest BCUT2D eigenvalue weighted by Gasteiger charge is -2.42. The summed E-state index contributed by atoms with van der Waals surface area (Å²) in [4.78, 5) is 35.0. The van der Waals surface area contributed by atoms with Crippen molar-refractivity contribution in [2.75, 3.05) is 42.6 Å². The molecule has 0 aliphatic carbocycles. The van der Waals surface area contributed by atoms with Crippen molar-refractivity contribution in [3.8, 4) is 0 Å². The zero-order valence-corrected chi connectivity index (χ0v) is 32.0. The molecule has 2 spiro atoms. The van der Waals surface area contributed by atoms with Crippen molar-refractivity contribution in [1.82, 2.24) is 20.2 Å². The molecule has 0 bridgehead atoms. The monoisotopic (exact) mass is 740 g/mol. The fraction of sp³-hybridized carbons (Fsp3) is 0.429. The molecule has 0 radical (unpaired) electrons. The molecule has 8 rings (SSSR count). The van der Waals surface area contributed by atoms with Crippen LogP contribution in [0.2, 0.25) is 0 Å². The zero-order valence-electron chi connectivity index (χ0n) is 30.3. The van der Waals surface area contributed by atoms with Gasteiger partial charge in [0.25, 0.3) is 0 Å². The van der Waals surface area contributed by atoms with E-state index in [9.17, 15) is 9.59 Å². The van der Waals surface area contributed by atoms with Crippen LogP contribution in [-0.2, 0) is 12.4 Å². The third-order valence-corrected chi connectivity index (χ3v) is 10.6. The highest BCUT2D eigenvalue weighted by atomic mass is 35.5. The summed E-state index contributed by atoms with van der Waals surface area (Å²) in [5, 5.41) is 10.8. The van der Waals surface area contributed by atoms with Crippen molar-refractivity contribution in [3.05, 3.63) is 120 Å². The Hall–Kier alpha value is -3.76. The molecule has 2 aromatic carbocycles. The minimum atomic E-state index is 0.0632. The number of nitrogens with zero attached hydrogens (tertiary/aromatic N) is 3. The number of rotatable bonds is 3. The fourth-order valence-corrected chi connectivity index (χ4v) is 7.52. The minimum absolute atomic E-state index is 0.0632. The van der Waals surface area contributed by atoms with Crippen LogP contribution >= 0.6 is 24.2 Å². The van der Waals surface area contributed by atoms with Crippen LogP contribution in [0.5, 0.6) is 0 Å². The number of piperidine rings is 2. The van der Waals surface area contributed by atoms with Gasteiger partial charge in [0.05, 0.1) is 0 Å². The van der Waals surface area contributed by atoms with Crippen molar-refractivity contribution < 1.29 is 9.59 Å². The quantitative estimate of drug-likeness (QED) is 0.123. The van der Waals surface area contributed by atoms with Gasteiger partial charge in [-0.1, -0.05) is 43.3 Å². The topological polar surface area (TPSA) is 99.2 Å². The number of alkyl halides is 1. The Morgan fingerprint density at radius 2 is 1.17 bits per heavy atom. The van der Waals surface area contributed by atoms with Crippen LogP contribution in [0.1, 0.15) is 90.1 Å². The summed E-state index contributed by atoms with van der Waals surface area (Å²) < 4.78 is 0. The largest absolute Gasteiger partial charge is 0.379 e. The van der Waals surface area contributed by atoms with Gasteiger partial charge in [-0.25, -0.2) is 0 Å². The normalized spacial score (nSPS) is 18.5. The van der Waals surface area contributed by atoms with Gasteiger partial charge in [-0.3, -0.25) is 24.5 Å². The first-order valence-electron chi connectivity index (χ1n) is 18.6. The number of ketones is 2. The predicted octanol–water partition coefficient (Wildman–Crippen LogP) is 8.46. The van der Waals surface area contributed by atoms with E-state index in [2.05, 4.69) is 49.5 Å². The van der Waals surface area contributed by atoms with Crippen LogP contribution < -0.4 is 16.0 Å². The molecular weight excluding hydrogens is 688 g/mol. The average Bonchev–Trinajstić information content (AvgIpc) is 3.41. The number of aromatic nitrogens is 2. The standard InChI is InChI=1S/C20H23N3O.C14H18N2O.C6H6ClN.C2H6S/c24-19-7-8-20(22-18-6-2-1-5-17(18)19)9-12-23(13-10-20)15-16-4-3-11-21-14-16;17-13-5-6-14(7-9-15-10-8-14)16-12-4-2-1-3-11(12)13;7-4-6-2-1-3-8-5-6;1-2-3/h1-6,11,14,22H,7-10,12-13,15H2;1-4,15-16H,5-10H2;1-3,5H,4H2;3H,2H2,1H3. The Bertz CT molecular complexity index is 1700. The zero-order chi connectivity index (χ0) is 36.7. The summed E-state index contributed by atoms with van der Waals surface area (Å²) in [6.45, 7) is 7.14. The number of pyridine rings is 2. The van der Waals surface area contributed by atoms with E-state index in [0.29, 0.717) is 18.7 Å². The Balaban J connectivity index is 0.000000161. The summed E-state index contributed by atoms with van der Waals surface area (Å²) in [5.41, 5.74) is 6.28. The molecule has 6 heterocycles. The molecule has 3 N–H and O–H groups in total. The van der Waals surface area contributed by atoms with Gasteiger partial charge in [0, 0.05) is 96.7 Å². The number of carbonyl (C=O) groups excluding carboxylic acids is 2. The van der Waals surface area contributed by atoms with Crippen molar-refractivity contribution in [1.29, 1.82) is 0 Å². The van der Waals surface area contributed by atoms with Gasteiger partial charge in [0.2, 0.25) is 0 Å². The van der Waals surface area contributed by atoms with Crippen molar-refractivity contribution >= 4 is 47.2 Å². The smallest absolute Gasteiger partial charge is 0.165 e. The second kappa shape index (κ2) is 19.9. The van der Waals surface area contributed by atoms with Gasteiger partial charge in [-0.15, -0.1) is 11.6 Å². The molecule has 0 unspecified atom stereocenters. The third kappa shape index (κ3) is 11.1. The molecule has 4 aromatic rings. The highest BCUT2D eigenvalue weighted by Crippen LogP contribution is 2.37. The molecule has 52 heavy (non-hydrogen) atoms. The molecule has 0 amide bonds. The molecular formula is C42H53ClN6O2S. The van der Waals surface area contributed by atoms with Gasteiger partial charge < -0.3 is 16.0 Å². The second-order valence-electron chi connectivity index (χ2n) is 13.9. The third-order valence-electron chi connectivity index (χ3n) is 10.3. The summed E-state index contributed by atoms with van der Waals surface area (Å²) in [6.07, 6.45) is 14.8. The lowest BCUT2D eigenvalue weighted by molar-refractivity contribution is 0.0960. The summed E-state index contributed by atoms with van der Waals surface area (Å²) >= 11 is 9.28. The Kier molecular flexibility index (Phi) is 15.1. The number of thiol groups is 1. The van der Waals surface area contributed by atoms with E-state index < -0.39 is 0 Å². The number of nitrogens with one attached hydrogen (secondary N) is 3. The van der Waals surface area contributed by atoms with E-state index in [1.54, 1.807) is 12.4 Å². The maximum atomic E-state index is 12.4. The second-order valence-corrected chi connectivity index (χ2v) is 14.8. The maximum Gasteiger partial charge on any atom is 0.165 e. The number of anilines is 2. The van der Waals surface area contributed by atoms with Crippen LogP contribution in [0.15, 0.2) is 97.6 Å². The van der Waals surface area contributed by atoms with E-state index >= 15 is 0 Å². The summed E-state index contributed by atoms with van der Waals surface area (Å²) in [6, 6.07) is 23.8. The van der Waals surface area contributed by atoms with Crippen molar-refractivity contribution in [3.63, 3.8) is 0 Å². The minimum Gasteiger partial charge on any atom is -0.379 e. The number of hydrogen-bond donors (Lipinski definition) is 4. The Morgan fingerprint density at radius 1 is 0.692 bits per heavy atom. The number of Topliss-reactive ketones (excluding diaryl/α,β-unsaturated/α-hetero) is 2. The maximum absolute atomic E-state index is 12.4. The molecule has 10 heteroatoms. The van der Waals surface area contributed by atoms with E-state index in [1.165, 1.54) is 5.56 Å². The Labute approximate surface area is 320 Å². The molecule has 4 aliphatic heterocycles. The summed E-state index contributed by atoms with van der Waals surface area (Å²) in [7, 11) is 0. The lowest BCUT2D eigenvalue weighted by Crippen LogP contribution is -2.48. The molecule has 2 aromatic heterocycles. The van der Waals surface area contributed by atoms with Gasteiger partial charge >= 0.3 is 0 Å². The SMILES string of the molecule is CCS.ClCc1cccnc1.O=C1CCC2(CCN(Cc3cccnc3)CC2)Nc2ccccc21.O=C1CCC2(CCNCC2)Nc2ccccc21. The molecule has 0 saturated carbocycles. The molecule has 4 aliphatic rings. The highest BCUT2D eigenvalue weighted by Gasteiger charge is 2.38. The Morgan fingerprint density at radius 3 is 1.63 bits per heavy atom. The van der Waals surface area contributed by atoms with Gasteiger partial charge in [0.15, 0.2) is 11.6 Å². The average molecular weight is 741 g/mol. The number of fused-ring (bicyclic) bond motifs is 2. The highest BCUT2D eigenvalue weighted by molar-refractivity contribution is 7.80. The first kappa shape index (κ1) is 39.4. The number of benzene rings is 2. The van der Waals surface area contributed by atoms with Crippen LogP contribution in [0.3, 0.4) is 0 Å². The van der Waals surface area contributed by atoms with Gasteiger partial charge in [-0.2, -0.15) is 12.6 Å². The number of para-hydroxylation sites is 2. The van der Waals surface area contributed by atoms with E-state index in [4.69, 9.17) is 11.6 Å².